The average Bonchev–Trinajstić information content (AvgIpc) is 2.73. The van der Waals surface area contributed by atoms with E-state index in [1.54, 1.807) is 6.07 Å². The summed E-state index contributed by atoms with van der Waals surface area (Å²) in [5, 5.41) is 3.16. The number of hydrogen-bond donors (Lipinski definition) is 1. The Hall–Kier alpha value is -0.110. The minimum atomic E-state index is -4.13. The molecule has 0 aromatic carbocycles. The molecule has 1 saturated heterocycles. The minimum absolute atomic E-state index is 0.552. The Labute approximate surface area is 116 Å². The second-order valence-corrected chi connectivity index (χ2v) is 6.76. The standard InChI is InChI=1S/C11H14BrF3N2S/c12-10-2-1-9(18-10)8(7-11(13,14)15)17-5-3-16-4-6-17/h1-2,8,16H,3-7H2/t8-/m0/s1. The number of nitrogens with zero attached hydrogens (tertiary/aromatic N) is 1. The first-order chi connectivity index (χ1) is 8.46. The van der Waals surface area contributed by atoms with Gasteiger partial charge < -0.3 is 5.32 Å². The van der Waals surface area contributed by atoms with Crippen molar-refractivity contribution < 1.29 is 13.2 Å². The van der Waals surface area contributed by atoms with E-state index in [9.17, 15) is 13.2 Å². The molecule has 0 amide bonds. The largest absolute Gasteiger partial charge is 0.390 e. The third-order valence-electron chi connectivity index (χ3n) is 2.94. The van der Waals surface area contributed by atoms with Gasteiger partial charge in [0.05, 0.1) is 16.2 Å². The highest BCUT2D eigenvalue weighted by atomic mass is 79.9. The second-order valence-electron chi connectivity index (χ2n) is 4.26. The Bertz CT molecular complexity index is 388. The first kappa shape index (κ1) is 14.3. The maximum absolute atomic E-state index is 12.7. The Morgan fingerprint density at radius 3 is 2.50 bits per heavy atom. The zero-order valence-corrected chi connectivity index (χ0v) is 12.0. The normalized spacial score (nSPS) is 20.0. The van der Waals surface area contributed by atoms with E-state index in [1.807, 2.05) is 11.0 Å². The molecule has 2 rings (SSSR count). The van der Waals surface area contributed by atoms with Crippen LogP contribution in [-0.4, -0.2) is 37.3 Å². The molecule has 18 heavy (non-hydrogen) atoms. The molecule has 0 unspecified atom stereocenters. The maximum Gasteiger partial charge on any atom is 0.390 e. The summed E-state index contributed by atoms with van der Waals surface area (Å²) in [6.45, 7) is 2.83. The molecule has 7 heteroatoms. The highest BCUT2D eigenvalue weighted by molar-refractivity contribution is 9.11. The first-order valence-corrected chi connectivity index (χ1v) is 7.33. The third kappa shape index (κ3) is 3.94. The predicted octanol–water partition coefficient (Wildman–Crippen LogP) is 3.41. The smallest absolute Gasteiger partial charge is 0.314 e. The Kier molecular flexibility index (Phi) is 4.69. The molecule has 1 N–H and O–H groups in total. The summed E-state index contributed by atoms with van der Waals surface area (Å²) in [5.74, 6) is 0. The topological polar surface area (TPSA) is 15.3 Å². The van der Waals surface area contributed by atoms with Crippen molar-refractivity contribution >= 4 is 27.3 Å². The van der Waals surface area contributed by atoms with Gasteiger partial charge in [0.25, 0.3) is 0 Å². The van der Waals surface area contributed by atoms with Crippen LogP contribution in [0.1, 0.15) is 17.3 Å². The fourth-order valence-electron chi connectivity index (χ4n) is 2.13. The number of piperazine rings is 1. The number of hydrogen-bond acceptors (Lipinski definition) is 3. The molecule has 1 aromatic rings. The minimum Gasteiger partial charge on any atom is -0.314 e. The Morgan fingerprint density at radius 2 is 2.00 bits per heavy atom. The molecule has 1 atom stereocenters. The Balaban J connectivity index is 2.16. The highest BCUT2D eigenvalue weighted by Gasteiger charge is 2.36. The van der Waals surface area contributed by atoms with Gasteiger partial charge >= 0.3 is 6.18 Å². The van der Waals surface area contributed by atoms with Crippen LogP contribution in [0.5, 0.6) is 0 Å². The van der Waals surface area contributed by atoms with E-state index in [0.29, 0.717) is 13.1 Å². The molecule has 102 valence electrons. The number of nitrogens with one attached hydrogen (secondary N) is 1. The molecule has 1 aliphatic rings. The molecule has 0 aliphatic carbocycles. The van der Waals surface area contributed by atoms with Crippen molar-refractivity contribution in [2.45, 2.75) is 18.6 Å². The second kappa shape index (κ2) is 5.90. The van der Waals surface area contributed by atoms with Crippen molar-refractivity contribution in [1.29, 1.82) is 0 Å². The Morgan fingerprint density at radius 1 is 1.33 bits per heavy atom. The van der Waals surface area contributed by atoms with E-state index in [4.69, 9.17) is 0 Å². The molecule has 1 aliphatic heterocycles. The van der Waals surface area contributed by atoms with E-state index in [2.05, 4.69) is 21.2 Å². The van der Waals surface area contributed by atoms with E-state index >= 15 is 0 Å². The van der Waals surface area contributed by atoms with Crippen LogP contribution in [-0.2, 0) is 0 Å². The van der Waals surface area contributed by atoms with Crippen molar-refractivity contribution in [2.75, 3.05) is 26.2 Å². The van der Waals surface area contributed by atoms with Gasteiger partial charge in [-0.25, -0.2) is 0 Å². The summed E-state index contributed by atoms with van der Waals surface area (Å²) in [6, 6.07) is 3.04. The third-order valence-corrected chi connectivity index (χ3v) is 4.66. The lowest BCUT2D eigenvalue weighted by Gasteiger charge is -2.34. The summed E-state index contributed by atoms with van der Waals surface area (Å²) < 4.78 is 39.0. The average molecular weight is 343 g/mol. The van der Waals surface area contributed by atoms with Crippen LogP contribution in [0.2, 0.25) is 0 Å². The fraction of sp³-hybridized carbons (Fsp3) is 0.636. The van der Waals surface area contributed by atoms with Crippen LogP contribution in [0, 0.1) is 0 Å². The van der Waals surface area contributed by atoms with E-state index in [-0.39, 0.29) is 0 Å². The molecule has 0 bridgehead atoms. The van der Waals surface area contributed by atoms with Crippen molar-refractivity contribution in [3.8, 4) is 0 Å². The molecule has 2 heterocycles. The predicted molar refractivity (Wildman–Crippen MR) is 69.9 cm³/mol. The van der Waals surface area contributed by atoms with Gasteiger partial charge in [-0.3, -0.25) is 4.90 Å². The lowest BCUT2D eigenvalue weighted by Crippen LogP contribution is -2.45. The number of alkyl halides is 3. The van der Waals surface area contributed by atoms with Gasteiger partial charge in [0.15, 0.2) is 0 Å². The highest BCUT2D eigenvalue weighted by Crippen LogP contribution is 2.38. The summed E-state index contributed by atoms with van der Waals surface area (Å²) in [4.78, 5) is 2.70. The molecule has 0 radical (unpaired) electrons. The van der Waals surface area contributed by atoms with Crippen LogP contribution >= 0.6 is 27.3 Å². The van der Waals surface area contributed by atoms with Crippen LogP contribution < -0.4 is 5.32 Å². The van der Waals surface area contributed by atoms with E-state index in [0.717, 1.165) is 21.8 Å². The zero-order chi connectivity index (χ0) is 13.2. The summed E-state index contributed by atoms with van der Waals surface area (Å²) in [6.07, 6.45) is -4.91. The van der Waals surface area contributed by atoms with Crippen LogP contribution in [0.15, 0.2) is 15.9 Å². The first-order valence-electron chi connectivity index (χ1n) is 5.72. The molecular formula is C11H14BrF3N2S. The quantitative estimate of drug-likeness (QED) is 0.905. The van der Waals surface area contributed by atoms with Gasteiger partial charge in [0.1, 0.15) is 0 Å². The molecule has 2 nitrogen and oxygen atoms in total. The van der Waals surface area contributed by atoms with Crippen LogP contribution in [0.4, 0.5) is 13.2 Å². The molecule has 0 spiro atoms. The number of halogens is 4. The van der Waals surface area contributed by atoms with Gasteiger partial charge in [-0.1, -0.05) is 0 Å². The van der Waals surface area contributed by atoms with Crippen molar-refractivity contribution in [3.63, 3.8) is 0 Å². The van der Waals surface area contributed by atoms with Gasteiger partial charge in [-0.2, -0.15) is 13.2 Å². The van der Waals surface area contributed by atoms with Gasteiger partial charge in [-0.05, 0) is 28.1 Å². The number of rotatable bonds is 3. The van der Waals surface area contributed by atoms with E-state index < -0.39 is 18.6 Å². The monoisotopic (exact) mass is 342 g/mol. The molecule has 1 fully saturated rings. The summed E-state index contributed by atoms with van der Waals surface area (Å²) >= 11 is 4.70. The van der Waals surface area contributed by atoms with Crippen LogP contribution in [0.3, 0.4) is 0 Å². The molecule has 1 aromatic heterocycles. The van der Waals surface area contributed by atoms with Gasteiger partial charge in [0, 0.05) is 31.1 Å². The van der Waals surface area contributed by atoms with E-state index in [1.165, 1.54) is 11.3 Å². The van der Waals surface area contributed by atoms with Gasteiger partial charge in [0.2, 0.25) is 0 Å². The maximum atomic E-state index is 12.7. The number of thiophene rings is 1. The fourth-order valence-corrected chi connectivity index (χ4v) is 3.69. The lowest BCUT2D eigenvalue weighted by atomic mass is 10.1. The van der Waals surface area contributed by atoms with Crippen molar-refractivity contribution in [3.05, 3.63) is 20.8 Å². The van der Waals surface area contributed by atoms with Crippen molar-refractivity contribution in [2.24, 2.45) is 0 Å². The summed E-state index contributed by atoms with van der Waals surface area (Å²) in [7, 11) is 0. The molecule has 0 saturated carbocycles. The van der Waals surface area contributed by atoms with Crippen molar-refractivity contribution in [1.82, 2.24) is 10.2 Å². The molecular weight excluding hydrogens is 329 g/mol. The zero-order valence-electron chi connectivity index (χ0n) is 9.63. The van der Waals surface area contributed by atoms with Gasteiger partial charge in [-0.15, -0.1) is 11.3 Å². The van der Waals surface area contributed by atoms with Crippen LogP contribution in [0.25, 0.3) is 0 Å². The SMILES string of the molecule is FC(F)(F)C[C@@H](c1ccc(Br)s1)N1CCNCC1. The summed E-state index contributed by atoms with van der Waals surface area (Å²) in [5.41, 5.74) is 0. The lowest BCUT2D eigenvalue weighted by molar-refractivity contribution is -0.148.